The monoisotopic (exact) mass is 255 g/mol. The zero-order valence-corrected chi connectivity index (χ0v) is 10.6. The number of carbonyl (C=O) groups excluding carboxylic acids is 1. The van der Waals surface area contributed by atoms with E-state index in [9.17, 15) is 4.79 Å². The number of anilines is 2. The molecule has 0 saturated carbocycles. The number of hydrogen-bond acceptors (Lipinski definition) is 8. The van der Waals surface area contributed by atoms with Crippen molar-refractivity contribution >= 4 is 17.9 Å². The van der Waals surface area contributed by atoms with Crippen molar-refractivity contribution in [2.75, 3.05) is 24.3 Å². The molecule has 0 spiro atoms. The van der Waals surface area contributed by atoms with E-state index in [1.54, 1.807) is 20.8 Å². The van der Waals surface area contributed by atoms with Gasteiger partial charge in [-0.3, -0.25) is 0 Å². The van der Waals surface area contributed by atoms with Gasteiger partial charge in [-0.2, -0.15) is 15.0 Å². The molecular weight excluding hydrogens is 238 g/mol. The van der Waals surface area contributed by atoms with Gasteiger partial charge in [0.15, 0.2) is 0 Å². The van der Waals surface area contributed by atoms with E-state index >= 15 is 0 Å². The molecule has 18 heavy (non-hydrogen) atoms. The normalized spacial score (nSPS) is 11.7. The Morgan fingerprint density at radius 3 is 2.67 bits per heavy atom. The second-order valence-corrected chi connectivity index (χ2v) is 3.35. The molecule has 0 radical (unpaired) electrons. The highest BCUT2D eigenvalue weighted by Gasteiger charge is 2.16. The number of esters is 1. The van der Waals surface area contributed by atoms with Gasteiger partial charge in [0.2, 0.25) is 11.9 Å². The first-order chi connectivity index (χ1) is 8.56. The Morgan fingerprint density at radius 2 is 2.06 bits per heavy atom. The molecule has 0 aliphatic heterocycles. The van der Waals surface area contributed by atoms with Crippen molar-refractivity contribution in [1.29, 1.82) is 0 Å². The molecule has 0 aliphatic rings. The zero-order valence-electron chi connectivity index (χ0n) is 10.6. The number of rotatable bonds is 6. The molecule has 1 aromatic heterocycles. The number of nitrogens with zero attached hydrogens (tertiary/aromatic N) is 3. The number of nitrogen functional groups attached to an aromatic ring is 1. The number of aromatic nitrogens is 3. The summed E-state index contributed by atoms with van der Waals surface area (Å²) in [4.78, 5) is 23.0. The fraction of sp³-hybridized carbons (Fsp3) is 0.600. The Morgan fingerprint density at radius 1 is 1.33 bits per heavy atom. The summed E-state index contributed by atoms with van der Waals surface area (Å²) in [5.74, 6) is -0.201. The van der Waals surface area contributed by atoms with Gasteiger partial charge in [-0.15, -0.1) is 0 Å². The maximum absolute atomic E-state index is 11.4. The first-order valence-corrected chi connectivity index (χ1v) is 5.64. The van der Waals surface area contributed by atoms with E-state index < -0.39 is 12.0 Å². The molecule has 0 aromatic carbocycles. The van der Waals surface area contributed by atoms with Crippen LogP contribution in [0.25, 0.3) is 0 Å². The second kappa shape index (κ2) is 6.58. The number of hydrogen-bond donors (Lipinski definition) is 2. The van der Waals surface area contributed by atoms with Crippen LogP contribution in [-0.4, -0.2) is 40.2 Å². The minimum Gasteiger partial charge on any atom is -0.464 e. The highest BCUT2D eigenvalue weighted by atomic mass is 16.5. The summed E-state index contributed by atoms with van der Waals surface area (Å²) < 4.78 is 9.97. The summed E-state index contributed by atoms with van der Waals surface area (Å²) >= 11 is 0. The zero-order chi connectivity index (χ0) is 13.5. The van der Waals surface area contributed by atoms with Crippen LogP contribution >= 0.6 is 0 Å². The maximum atomic E-state index is 11.4. The molecule has 8 nitrogen and oxygen atoms in total. The topological polar surface area (TPSA) is 112 Å². The van der Waals surface area contributed by atoms with E-state index in [-0.39, 0.29) is 17.9 Å². The highest BCUT2D eigenvalue weighted by molar-refractivity contribution is 5.78. The lowest BCUT2D eigenvalue weighted by atomic mass is 10.3. The fourth-order valence-corrected chi connectivity index (χ4v) is 1.15. The molecule has 0 saturated heterocycles. The van der Waals surface area contributed by atoms with Gasteiger partial charge in [0.1, 0.15) is 6.04 Å². The third-order valence-corrected chi connectivity index (χ3v) is 1.89. The number of carbonyl (C=O) groups is 1. The average Bonchev–Trinajstić information content (AvgIpc) is 2.28. The smallest absolute Gasteiger partial charge is 0.328 e. The molecule has 1 aromatic rings. The van der Waals surface area contributed by atoms with E-state index in [0.717, 1.165) is 0 Å². The summed E-state index contributed by atoms with van der Waals surface area (Å²) in [5.41, 5.74) is 5.50. The Kier molecular flexibility index (Phi) is 5.09. The fourth-order valence-electron chi connectivity index (χ4n) is 1.15. The third kappa shape index (κ3) is 4.04. The largest absolute Gasteiger partial charge is 0.464 e. The van der Waals surface area contributed by atoms with Gasteiger partial charge in [-0.05, 0) is 20.8 Å². The van der Waals surface area contributed by atoms with Gasteiger partial charge in [0, 0.05) is 0 Å². The van der Waals surface area contributed by atoms with E-state index in [2.05, 4.69) is 20.3 Å². The van der Waals surface area contributed by atoms with Crippen molar-refractivity contribution in [2.45, 2.75) is 26.8 Å². The van der Waals surface area contributed by atoms with Crippen LogP contribution in [-0.2, 0) is 9.53 Å². The molecule has 3 N–H and O–H groups in total. The van der Waals surface area contributed by atoms with Crippen LogP contribution in [0.15, 0.2) is 0 Å². The Balaban J connectivity index is 2.74. The van der Waals surface area contributed by atoms with E-state index in [1.165, 1.54) is 0 Å². The van der Waals surface area contributed by atoms with E-state index in [0.29, 0.717) is 13.2 Å². The Bertz CT molecular complexity index is 412. The van der Waals surface area contributed by atoms with Crippen LogP contribution in [0.3, 0.4) is 0 Å². The van der Waals surface area contributed by atoms with Crippen LogP contribution < -0.4 is 15.8 Å². The van der Waals surface area contributed by atoms with Gasteiger partial charge in [0.05, 0.1) is 13.2 Å². The van der Waals surface area contributed by atoms with E-state index in [4.69, 9.17) is 15.2 Å². The lowest BCUT2D eigenvalue weighted by Gasteiger charge is -2.12. The molecule has 0 amide bonds. The highest BCUT2D eigenvalue weighted by Crippen LogP contribution is 2.10. The molecular formula is C10H17N5O3. The molecule has 1 rings (SSSR count). The molecule has 1 heterocycles. The van der Waals surface area contributed by atoms with Crippen molar-refractivity contribution in [3.8, 4) is 6.01 Å². The van der Waals surface area contributed by atoms with Gasteiger partial charge < -0.3 is 20.5 Å². The minimum atomic E-state index is -0.582. The third-order valence-electron chi connectivity index (χ3n) is 1.89. The lowest BCUT2D eigenvalue weighted by Crippen LogP contribution is -2.29. The first-order valence-electron chi connectivity index (χ1n) is 5.64. The standard InChI is InChI=1S/C10H17N5O3/c1-4-17-7(16)6(3)12-9-13-8(11)14-10(15-9)18-5-2/h6H,4-5H2,1-3H3,(H3,11,12,13,14,15). The summed E-state index contributed by atoms with van der Waals surface area (Å²) in [6.07, 6.45) is 0. The van der Waals surface area contributed by atoms with Crippen molar-refractivity contribution < 1.29 is 14.3 Å². The van der Waals surface area contributed by atoms with Gasteiger partial charge in [0.25, 0.3) is 0 Å². The van der Waals surface area contributed by atoms with Crippen molar-refractivity contribution in [3.05, 3.63) is 0 Å². The molecule has 0 bridgehead atoms. The summed E-state index contributed by atoms with van der Waals surface area (Å²) in [6.45, 7) is 5.90. The van der Waals surface area contributed by atoms with Gasteiger partial charge >= 0.3 is 12.0 Å². The molecule has 1 unspecified atom stereocenters. The Hall–Kier alpha value is -2.12. The van der Waals surface area contributed by atoms with Crippen LogP contribution in [0.1, 0.15) is 20.8 Å². The summed E-state index contributed by atoms with van der Waals surface area (Å²) in [6, 6.07) is -0.468. The predicted molar refractivity (Wildman–Crippen MR) is 65.1 cm³/mol. The van der Waals surface area contributed by atoms with Crippen molar-refractivity contribution in [2.24, 2.45) is 0 Å². The number of nitrogens with one attached hydrogen (secondary N) is 1. The van der Waals surface area contributed by atoms with E-state index in [1.807, 2.05) is 0 Å². The maximum Gasteiger partial charge on any atom is 0.328 e. The van der Waals surface area contributed by atoms with Crippen LogP contribution in [0, 0.1) is 0 Å². The summed E-state index contributed by atoms with van der Waals surface area (Å²) in [5, 5.41) is 2.77. The molecule has 0 fully saturated rings. The van der Waals surface area contributed by atoms with Gasteiger partial charge in [-0.25, -0.2) is 4.79 Å². The van der Waals surface area contributed by atoms with Crippen molar-refractivity contribution in [1.82, 2.24) is 15.0 Å². The first kappa shape index (κ1) is 13.9. The Labute approximate surface area is 105 Å². The average molecular weight is 255 g/mol. The molecule has 8 heteroatoms. The van der Waals surface area contributed by atoms with Crippen molar-refractivity contribution in [3.63, 3.8) is 0 Å². The van der Waals surface area contributed by atoms with Crippen LogP contribution in [0.5, 0.6) is 6.01 Å². The SMILES string of the molecule is CCOC(=O)C(C)Nc1nc(N)nc(OCC)n1. The van der Waals surface area contributed by atoms with Crippen LogP contribution in [0.2, 0.25) is 0 Å². The summed E-state index contributed by atoms with van der Waals surface area (Å²) in [7, 11) is 0. The molecule has 1 atom stereocenters. The second-order valence-electron chi connectivity index (χ2n) is 3.35. The number of nitrogens with two attached hydrogens (primary N) is 1. The quantitative estimate of drug-likeness (QED) is 0.694. The number of ether oxygens (including phenoxy) is 2. The van der Waals surface area contributed by atoms with Crippen LogP contribution in [0.4, 0.5) is 11.9 Å². The van der Waals surface area contributed by atoms with Gasteiger partial charge in [-0.1, -0.05) is 0 Å². The lowest BCUT2D eigenvalue weighted by molar-refractivity contribution is -0.143. The predicted octanol–water partition coefficient (Wildman–Crippen LogP) is 0.216. The molecule has 0 aliphatic carbocycles. The molecule has 100 valence electrons. The minimum absolute atomic E-state index is 0.0204.